The molecule has 3 rings (SSSR count). The maximum atomic E-state index is 13.0. The van der Waals surface area contributed by atoms with Crippen molar-refractivity contribution in [2.75, 3.05) is 32.0 Å². The number of nitrogens with one attached hydrogen (secondary N) is 1. The fourth-order valence-corrected chi connectivity index (χ4v) is 5.11. The summed E-state index contributed by atoms with van der Waals surface area (Å²) < 4.78 is 45.1. The van der Waals surface area contributed by atoms with Crippen LogP contribution in [0.1, 0.15) is 13.3 Å². The number of ether oxygens (including phenoxy) is 1. The molecule has 0 bridgehead atoms. The van der Waals surface area contributed by atoms with Crippen molar-refractivity contribution in [3.63, 3.8) is 0 Å². The maximum absolute atomic E-state index is 13.0. The highest BCUT2D eigenvalue weighted by molar-refractivity contribution is 7.92. The third kappa shape index (κ3) is 4.04. The zero-order valence-corrected chi connectivity index (χ0v) is 15.2. The number of hydrogen-bond donors (Lipinski definition) is 1. The number of carbonyl (C=O) groups is 2. The number of carbonyl (C=O) groups excluding carboxylic acids is 2. The summed E-state index contributed by atoms with van der Waals surface area (Å²) in [6.07, 6.45) is 2.32. The summed E-state index contributed by atoms with van der Waals surface area (Å²) in [5, 5.41) is 5.51. The lowest BCUT2D eigenvalue weighted by atomic mass is 9.95. The minimum atomic E-state index is -3.46. The second kappa shape index (κ2) is 6.95. The van der Waals surface area contributed by atoms with Crippen molar-refractivity contribution in [2.24, 2.45) is 0 Å². The zero-order chi connectivity index (χ0) is 18.9. The quantitative estimate of drug-likeness (QED) is 0.689. The van der Waals surface area contributed by atoms with Crippen LogP contribution in [0.25, 0.3) is 0 Å². The number of aromatic nitrogens is 2. The predicted octanol–water partition coefficient (Wildman–Crippen LogP) is -1.06. The van der Waals surface area contributed by atoms with E-state index >= 15 is 0 Å². The fraction of sp³-hybridized carbons (Fsp3) is 0.667. The molecule has 0 radical (unpaired) electrons. The first-order chi connectivity index (χ1) is 12.2. The third-order valence-corrected chi connectivity index (χ3v) is 6.79. The van der Waals surface area contributed by atoms with Crippen molar-refractivity contribution in [1.82, 2.24) is 20.0 Å². The molecule has 2 amide bonds. The molecule has 1 aromatic rings. The van der Waals surface area contributed by atoms with E-state index in [1.165, 1.54) is 16.5 Å². The molecule has 2 saturated heterocycles. The fourth-order valence-electron chi connectivity index (χ4n) is 3.22. The Hall–Kier alpha value is -2.01. The third-order valence-electron chi connectivity index (χ3n) is 4.56. The van der Waals surface area contributed by atoms with Gasteiger partial charge < -0.3 is 15.0 Å². The molecular formula is C15H21FN4O5S. The van der Waals surface area contributed by atoms with Crippen molar-refractivity contribution in [2.45, 2.75) is 30.7 Å². The average Bonchev–Trinajstić information content (AvgIpc) is 2.91. The highest BCUT2D eigenvalue weighted by Crippen LogP contribution is 2.33. The number of amides is 2. The molecule has 3 heterocycles. The van der Waals surface area contributed by atoms with E-state index in [-0.39, 0.29) is 56.8 Å². The monoisotopic (exact) mass is 388 g/mol. The van der Waals surface area contributed by atoms with Crippen LogP contribution in [0.4, 0.5) is 4.39 Å². The molecule has 9 nitrogen and oxygen atoms in total. The topological polar surface area (TPSA) is 111 Å². The largest absolute Gasteiger partial charge is 0.369 e. The lowest BCUT2D eigenvalue weighted by Crippen LogP contribution is -2.70. The molecule has 0 aliphatic carbocycles. The van der Waals surface area contributed by atoms with Gasteiger partial charge in [0.15, 0.2) is 15.7 Å². The van der Waals surface area contributed by atoms with E-state index in [0.29, 0.717) is 0 Å². The van der Waals surface area contributed by atoms with E-state index in [9.17, 15) is 22.4 Å². The number of nitrogens with zero attached hydrogens (tertiary/aromatic N) is 3. The first kappa shape index (κ1) is 18.8. The maximum Gasteiger partial charge on any atom is 0.224 e. The number of likely N-dealkylation sites (tertiary alicyclic amines) is 1. The van der Waals surface area contributed by atoms with Gasteiger partial charge in [0.05, 0.1) is 44.4 Å². The van der Waals surface area contributed by atoms with Crippen molar-refractivity contribution in [3.8, 4) is 0 Å². The Kier molecular flexibility index (Phi) is 5.02. The van der Waals surface area contributed by atoms with Gasteiger partial charge in [-0.3, -0.25) is 14.3 Å². The summed E-state index contributed by atoms with van der Waals surface area (Å²) in [4.78, 5) is 24.4. The molecule has 2 fully saturated rings. The van der Waals surface area contributed by atoms with Gasteiger partial charge in [-0.1, -0.05) is 0 Å². The Morgan fingerprint density at radius 3 is 2.77 bits per heavy atom. The molecule has 2 aliphatic rings. The number of hydrogen-bond acceptors (Lipinski definition) is 6. The summed E-state index contributed by atoms with van der Waals surface area (Å²) in [5.74, 6) is -1.06. The summed E-state index contributed by atoms with van der Waals surface area (Å²) in [6.45, 7) is 2.07. The van der Waals surface area contributed by atoms with Gasteiger partial charge in [0.2, 0.25) is 11.8 Å². The first-order valence-electron chi connectivity index (χ1n) is 8.25. The molecule has 1 atom stereocenters. The summed E-state index contributed by atoms with van der Waals surface area (Å²) in [6, 6.07) is 0. The van der Waals surface area contributed by atoms with Crippen LogP contribution in [0.5, 0.6) is 0 Å². The molecule has 0 unspecified atom stereocenters. The van der Waals surface area contributed by atoms with Crippen LogP contribution < -0.4 is 5.32 Å². The van der Waals surface area contributed by atoms with E-state index in [4.69, 9.17) is 4.74 Å². The molecule has 1 aromatic heterocycles. The van der Waals surface area contributed by atoms with Crippen LogP contribution in [0.15, 0.2) is 12.4 Å². The van der Waals surface area contributed by atoms with Crippen LogP contribution in [-0.4, -0.2) is 77.8 Å². The summed E-state index contributed by atoms with van der Waals surface area (Å²) in [5.41, 5.74) is -0.867. The van der Waals surface area contributed by atoms with E-state index in [1.807, 2.05) is 0 Å². The van der Waals surface area contributed by atoms with Gasteiger partial charge in [0, 0.05) is 19.9 Å². The minimum absolute atomic E-state index is 0.0161. The molecule has 1 spiro atoms. The normalized spacial score (nSPS) is 23.5. The molecule has 0 aromatic carbocycles. The summed E-state index contributed by atoms with van der Waals surface area (Å²) in [7, 11) is -3.46. The standard InChI is InChI=1S/C15H21FN4O5S/c1-11(21)17-3-2-14(22)19-8-15(9-19)10-26(23,24)13(7-25-15)6-20-5-12(16)4-18-20/h4-5,13H,2-3,6-10H2,1H3,(H,17,21)/t13-/m0/s1. The lowest BCUT2D eigenvalue weighted by Gasteiger charge is -2.52. The van der Waals surface area contributed by atoms with Crippen LogP contribution in [0.3, 0.4) is 0 Å². The molecule has 11 heteroatoms. The second-order valence-corrected chi connectivity index (χ2v) is 9.07. The minimum Gasteiger partial charge on any atom is -0.369 e. The van der Waals surface area contributed by atoms with Gasteiger partial charge in [0.25, 0.3) is 0 Å². The van der Waals surface area contributed by atoms with Gasteiger partial charge in [-0.25, -0.2) is 12.8 Å². The zero-order valence-electron chi connectivity index (χ0n) is 14.4. The van der Waals surface area contributed by atoms with Gasteiger partial charge in [-0.2, -0.15) is 5.10 Å². The van der Waals surface area contributed by atoms with Crippen molar-refractivity contribution in [3.05, 3.63) is 18.2 Å². The molecule has 2 aliphatic heterocycles. The smallest absolute Gasteiger partial charge is 0.224 e. The van der Waals surface area contributed by atoms with E-state index in [1.54, 1.807) is 0 Å². The number of sulfone groups is 1. The SMILES string of the molecule is CC(=O)NCCC(=O)N1CC2(C1)CS(=O)(=O)[C@@H](Cn1cc(F)cn1)CO2. The highest BCUT2D eigenvalue weighted by Gasteiger charge is 2.53. The van der Waals surface area contributed by atoms with Gasteiger partial charge in [-0.05, 0) is 0 Å². The first-order valence-corrected chi connectivity index (χ1v) is 9.96. The van der Waals surface area contributed by atoms with E-state index in [2.05, 4.69) is 10.4 Å². The van der Waals surface area contributed by atoms with Gasteiger partial charge >= 0.3 is 0 Å². The molecule has 144 valence electrons. The van der Waals surface area contributed by atoms with Crippen LogP contribution in [0.2, 0.25) is 0 Å². The Balaban J connectivity index is 1.52. The summed E-state index contributed by atoms with van der Waals surface area (Å²) >= 11 is 0. The van der Waals surface area contributed by atoms with Gasteiger partial charge in [0.1, 0.15) is 10.9 Å². The van der Waals surface area contributed by atoms with Crippen molar-refractivity contribution < 1.29 is 27.1 Å². The Labute approximate surface area is 150 Å². The number of rotatable bonds is 5. The van der Waals surface area contributed by atoms with Crippen LogP contribution >= 0.6 is 0 Å². The average molecular weight is 388 g/mol. The second-order valence-electron chi connectivity index (χ2n) is 6.79. The molecule has 1 N–H and O–H groups in total. The van der Waals surface area contributed by atoms with E-state index in [0.717, 1.165) is 12.4 Å². The lowest BCUT2D eigenvalue weighted by molar-refractivity contribution is -0.165. The highest BCUT2D eigenvalue weighted by atomic mass is 32.2. The van der Waals surface area contributed by atoms with Crippen molar-refractivity contribution >= 4 is 21.7 Å². The predicted molar refractivity (Wildman–Crippen MR) is 88.3 cm³/mol. The van der Waals surface area contributed by atoms with Crippen LogP contribution in [0, 0.1) is 5.82 Å². The van der Waals surface area contributed by atoms with E-state index < -0.39 is 26.5 Å². The van der Waals surface area contributed by atoms with Crippen LogP contribution in [-0.2, 0) is 30.7 Å². The van der Waals surface area contributed by atoms with Gasteiger partial charge in [-0.15, -0.1) is 0 Å². The van der Waals surface area contributed by atoms with Crippen molar-refractivity contribution in [1.29, 1.82) is 0 Å². The Morgan fingerprint density at radius 1 is 1.46 bits per heavy atom. The molecule has 0 saturated carbocycles. The Bertz CT molecular complexity index is 803. The Morgan fingerprint density at radius 2 is 2.19 bits per heavy atom. The number of halogens is 1. The molecule has 26 heavy (non-hydrogen) atoms. The molecular weight excluding hydrogens is 367 g/mol.